The van der Waals surface area contributed by atoms with Crippen molar-refractivity contribution in [3.05, 3.63) is 0 Å². The normalized spacial score (nSPS) is 25.4. The fraction of sp³-hybridized carbons (Fsp3) is 0.700. The van der Waals surface area contributed by atoms with Crippen LogP contribution in [0, 0.1) is 5.92 Å². The van der Waals surface area contributed by atoms with E-state index in [2.05, 4.69) is 10.5 Å². The Kier molecular flexibility index (Phi) is 4.28. The van der Waals surface area contributed by atoms with Crippen LogP contribution in [0.3, 0.4) is 0 Å². The fourth-order valence-corrected chi connectivity index (χ4v) is 1.66. The van der Waals surface area contributed by atoms with Gasteiger partial charge in [0.15, 0.2) is 0 Å². The van der Waals surface area contributed by atoms with Crippen molar-refractivity contribution in [3.63, 3.8) is 0 Å². The van der Waals surface area contributed by atoms with Gasteiger partial charge in [0.05, 0.1) is 12.0 Å². The average molecular weight is 227 g/mol. The molecule has 6 heteroatoms. The van der Waals surface area contributed by atoms with Gasteiger partial charge in [0.1, 0.15) is 0 Å². The number of rotatable bonds is 4. The van der Waals surface area contributed by atoms with E-state index >= 15 is 0 Å². The molecule has 6 nitrogen and oxygen atoms in total. The number of nitrogens with zero attached hydrogens (tertiary/aromatic N) is 1. The van der Waals surface area contributed by atoms with Crippen LogP contribution in [0.1, 0.15) is 33.1 Å². The van der Waals surface area contributed by atoms with Gasteiger partial charge in [-0.1, -0.05) is 0 Å². The number of nitrogens with two attached hydrogens (primary N) is 1. The first-order chi connectivity index (χ1) is 7.49. The first-order valence-electron chi connectivity index (χ1n) is 5.28. The minimum absolute atomic E-state index is 0.0125. The second-order valence-corrected chi connectivity index (χ2v) is 4.04. The highest BCUT2D eigenvalue weighted by Gasteiger charge is 2.31. The summed E-state index contributed by atoms with van der Waals surface area (Å²) in [5.41, 5.74) is 7.76. The molecule has 0 aliphatic carbocycles. The zero-order chi connectivity index (χ0) is 12.1. The maximum Gasteiger partial charge on any atom is 0.332 e. The fourth-order valence-electron chi connectivity index (χ4n) is 1.66. The largest absolute Gasteiger partial charge is 0.462 e. The second kappa shape index (κ2) is 5.48. The van der Waals surface area contributed by atoms with E-state index in [0.29, 0.717) is 12.8 Å². The molecule has 0 radical (unpaired) electrons. The number of hydrazone groups is 1. The molecule has 2 amide bonds. The Hall–Kier alpha value is -1.59. The van der Waals surface area contributed by atoms with Gasteiger partial charge in [-0.15, -0.1) is 0 Å². The molecule has 16 heavy (non-hydrogen) atoms. The Balaban J connectivity index is 2.31. The number of cyclic esters (lactones) is 1. The molecule has 0 aromatic carbocycles. The lowest BCUT2D eigenvalue weighted by Gasteiger charge is -2.04. The van der Waals surface area contributed by atoms with E-state index in [4.69, 9.17) is 10.5 Å². The third kappa shape index (κ3) is 3.88. The molecule has 1 heterocycles. The minimum atomic E-state index is -0.687. The van der Waals surface area contributed by atoms with Crippen LogP contribution < -0.4 is 11.2 Å². The van der Waals surface area contributed by atoms with Crippen LogP contribution in [0.15, 0.2) is 5.10 Å². The number of hydrogen-bond donors (Lipinski definition) is 2. The summed E-state index contributed by atoms with van der Waals surface area (Å²) in [6.07, 6.45) is 2.11. The van der Waals surface area contributed by atoms with Crippen molar-refractivity contribution in [2.24, 2.45) is 16.8 Å². The Labute approximate surface area is 94.2 Å². The van der Waals surface area contributed by atoms with Gasteiger partial charge in [0.25, 0.3) is 0 Å². The topological polar surface area (TPSA) is 93.8 Å². The minimum Gasteiger partial charge on any atom is -0.462 e. The average Bonchev–Trinajstić information content (AvgIpc) is 2.51. The molecule has 1 saturated heterocycles. The monoisotopic (exact) mass is 227 g/mol. The summed E-state index contributed by atoms with van der Waals surface area (Å²) in [6.45, 7) is 3.66. The summed E-state index contributed by atoms with van der Waals surface area (Å²) >= 11 is 0. The zero-order valence-electron chi connectivity index (χ0n) is 9.53. The first kappa shape index (κ1) is 12.5. The predicted molar refractivity (Wildman–Crippen MR) is 58.7 cm³/mol. The SMILES string of the molecule is C/C(CC[C@H]1C[C@@H](C)OC1=O)=N/NC(N)=O. The lowest BCUT2D eigenvalue weighted by Crippen LogP contribution is -2.25. The number of nitrogens with one attached hydrogen (secondary N) is 1. The van der Waals surface area contributed by atoms with Gasteiger partial charge < -0.3 is 10.5 Å². The molecule has 90 valence electrons. The van der Waals surface area contributed by atoms with Crippen LogP contribution in [-0.4, -0.2) is 23.8 Å². The molecular formula is C10H17N3O3. The summed E-state index contributed by atoms with van der Waals surface area (Å²) in [4.78, 5) is 21.7. The van der Waals surface area contributed by atoms with Crippen molar-refractivity contribution in [2.75, 3.05) is 0 Å². The van der Waals surface area contributed by atoms with Crippen molar-refractivity contribution in [1.29, 1.82) is 0 Å². The number of urea groups is 1. The molecule has 3 N–H and O–H groups in total. The van der Waals surface area contributed by atoms with Gasteiger partial charge in [0, 0.05) is 5.71 Å². The maximum absolute atomic E-state index is 11.3. The third-order valence-electron chi connectivity index (χ3n) is 2.48. The number of hydrogen-bond acceptors (Lipinski definition) is 4. The molecule has 0 bridgehead atoms. The number of ether oxygens (including phenoxy) is 1. The van der Waals surface area contributed by atoms with Gasteiger partial charge in [0.2, 0.25) is 0 Å². The van der Waals surface area contributed by atoms with Crippen LogP contribution in [0.25, 0.3) is 0 Å². The summed E-state index contributed by atoms with van der Waals surface area (Å²) in [7, 11) is 0. The molecular weight excluding hydrogens is 210 g/mol. The number of carbonyl (C=O) groups excluding carboxylic acids is 2. The molecule has 1 aliphatic rings. The van der Waals surface area contributed by atoms with Gasteiger partial charge in [-0.05, 0) is 33.1 Å². The molecule has 1 rings (SSSR count). The standard InChI is InChI=1S/C10H17N3O3/c1-6(12-13-10(11)15)3-4-8-5-7(2)16-9(8)14/h7-8H,3-5H2,1-2H3,(H3,11,13,15)/b12-6-/t7-,8+/m1/s1. The summed E-state index contributed by atoms with van der Waals surface area (Å²) in [5, 5.41) is 3.77. The quantitative estimate of drug-likeness (QED) is 0.422. The summed E-state index contributed by atoms with van der Waals surface area (Å²) in [6, 6.07) is -0.687. The van der Waals surface area contributed by atoms with Crippen LogP contribution in [-0.2, 0) is 9.53 Å². The molecule has 0 aromatic heterocycles. The number of amides is 2. The zero-order valence-corrected chi connectivity index (χ0v) is 9.53. The predicted octanol–water partition coefficient (Wildman–Crippen LogP) is 0.762. The van der Waals surface area contributed by atoms with Crippen LogP contribution in [0.4, 0.5) is 4.79 Å². The Morgan fingerprint density at radius 1 is 1.69 bits per heavy atom. The smallest absolute Gasteiger partial charge is 0.332 e. The molecule has 0 aromatic rings. The van der Waals surface area contributed by atoms with E-state index in [1.165, 1.54) is 0 Å². The van der Waals surface area contributed by atoms with Crippen LogP contribution >= 0.6 is 0 Å². The van der Waals surface area contributed by atoms with Gasteiger partial charge in [-0.2, -0.15) is 5.10 Å². The van der Waals surface area contributed by atoms with E-state index in [-0.39, 0.29) is 18.0 Å². The highest BCUT2D eigenvalue weighted by molar-refractivity contribution is 5.84. The lowest BCUT2D eigenvalue weighted by atomic mass is 9.98. The van der Waals surface area contributed by atoms with Gasteiger partial charge in [-0.3, -0.25) is 4.79 Å². The Morgan fingerprint density at radius 3 is 2.88 bits per heavy atom. The summed E-state index contributed by atoms with van der Waals surface area (Å²) < 4.78 is 5.04. The van der Waals surface area contributed by atoms with Crippen molar-refractivity contribution in [2.45, 2.75) is 39.2 Å². The first-order valence-corrected chi connectivity index (χ1v) is 5.28. The lowest BCUT2D eigenvalue weighted by molar-refractivity contribution is -0.143. The van der Waals surface area contributed by atoms with Gasteiger partial charge in [-0.25, -0.2) is 10.2 Å². The second-order valence-electron chi connectivity index (χ2n) is 4.04. The summed E-state index contributed by atoms with van der Waals surface area (Å²) in [5.74, 6) is -0.183. The molecule has 1 fully saturated rings. The molecule has 1 aliphatic heterocycles. The van der Waals surface area contributed by atoms with E-state index in [1.54, 1.807) is 6.92 Å². The maximum atomic E-state index is 11.3. The number of esters is 1. The Bertz CT molecular complexity index is 314. The van der Waals surface area contributed by atoms with Crippen LogP contribution in [0.2, 0.25) is 0 Å². The number of carbonyl (C=O) groups is 2. The van der Waals surface area contributed by atoms with E-state index in [9.17, 15) is 9.59 Å². The van der Waals surface area contributed by atoms with Crippen molar-refractivity contribution >= 4 is 17.7 Å². The van der Waals surface area contributed by atoms with E-state index in [0.717, 1.165) is 12.1 Å². The van der Waals surface area contributed by atoms with Crippen LogP contribution in [0.5, 0.6) is 0 Å². The highest BCUT2D eigenvalue weighted by atomic mass is 16.5. The van der Waals surface area contributed by atoms with Crippen molar-refractivity contribution in [1.82, 2.24) is 5.43 Å². The van der Waals surface area contributed by atoms with Crippen molar-refractivity contribution < 1.29 is 14.3 Å². The highest BCUT2D eigenvalue weighted by Crippen LogP contribution is 2.24. The Morgan fingerprint density at radius 2 is 2.38 bits per heavy atom. The molecule has 0 saturated carbocycles. The van der Waals surface area contributed by atoms with E-state index < -0.39 is 6.03 Å². The molecule has 0 spiro atoms. The molecule has 0 unspecified atom stereocenters. The van der Waals surface area contributed by atoms with Crippen molar-refractivity contribution in [3.8, 4) is 0 Å². The number of primary amides is 1. The molecule has 2 atom stereocenters. The third-order valence-corrected chi connectivity index (χ3v) is 2.48. The van der Waals surface area contributed by atoms with E-state index in [1.807, 2.05) is 6.92 Å². The van der Waals surface area contributed by atoms with Gasteiger partial charge >= 0.3 is 12.0 Å².